The minimum absolute atomic E-state index is 0.252. The largest absolute Gasteiger partial charge is 0.462 e. The molecule has 0 atom stereocenters. The van der Waals surface area contributed by atoms with E-state index < -0.39 is 0 Å². The van der Waals surface area contributed by atoms with Crippen LogP contribution in [0.5, 0.6) is 0 Å². The van der Waals surface area contributed by atoms with Crippen LogP contribution < -0.4 is 0 Å². The molecule has 0 aliphatic rings. The van der Waals surface area contributed by atoms with Crippen molar-refractivity contribution in [2.24, 2.45) is 0 Å². The molecule has 0 spiro atoms. The second-order valence-electron chi connectivity index (χ2n) is 5.41. The van der Waals surface area contributed by atoms with Gasteiger partial charge in [0.15, 0.2) is 0 Å². The molecule has 1 rings (SSSR count). The van der Waals surface area contributed by atoms with Crippen molar-refractivity contribution in [3.63, 3.8) is 0 Å². The molecule has 0 heterocycles. The summed E-state index contributed by atoms with van der Waals surface area (Å²) in [4.78, 5) is 23.6. The molecule has 7 heteroatoms. The monoisotopic (exact) mass is 682 g/mol. The minimum Gasteiger partial charge on any atom is -0.462 e. The van der Waals surface area contributed by atoms with Crippen LogP contribution in [-0.4, -0.2) is 25.2 Å². The molecule has 0 saturated heterocycles. The zero-order chi connectivity index (χ0) is 18.8. The van der Waals surface area contributed by atoms with Crippen LogP contribution >= 0.6 is 67.8 Å². The highest BCUT2D eigenvalue weighted by atomic mass is 127. The molecule has 0 bridgehead atoms. The van der Waals surface area contributed by atoms with E-state index in [9.17, 15) is 9.59 Å². The second-order valence-corrected chi connectivity index (χ2v) is 8.89. The van der Waals surface area contributed by atoms with Gasteiger partial charge in [-0.25, -0.2) is 9.59 Å². The normalized spacial score (nSPS) is 11.3. The van der Waals surface area contributed by atoms with Crippen LogP contribution in [0, 0.1) is 10.7 Å². The Morgan fingerprint density at radius 2 is 1.60 bits per heavy atom. The quantitative estimate of drug-likeness (QED) is 0.110. The molecule has 0 amide bonds. The first-order chi connectivity index (χ1) is 11.9. The van der Waals surface area contributed by atoms with E-state index in [1.54, 1.807) is 13.0 Å². The average molecular weight is 682 g/mol. The molecular weight excluding hydrogens is 661 g/mol. The standard InChI is InChI=1S/C18H21I3O4/c1-3-12(2)17(22)24-8-6-4-5-7-9-25-18(23)14-10-13(19)11-15(20)16(14)21/h3,10-11H,4-9H2,1-2H3. The summed E-state index contributed by atoms with van der Waals surface area (Å²) < 4.78 is 13.5. The summed E-state index contributed by atoms with van der Waals surface area (Å²) in [5.41, 5.74) is 1.26. The number of allylic oxidation sites excluding steroid dienone is 1. The Morgan fingerprint density at radius 1 is 1.00 bits per heavy atom. The van der Waals surface area contributed by atoms with Gasteiger partial charge in [0.1, 0.15) is 0 Å². The molecule has 138 valence electrons. The number of rotatable bonds is 9. The lowest BCUT2D eigenvalue weighted by atomic mass is 10.2. The summed E-state index contributed by atoms with van der Waals surface area (Å²) in [7, 11) is 0. The van der Waals surface area contributed by atoms with E-state index >= 15 is 0 Å². The van der Waals surface area contributed by atoms with Crippen molar-refractivity contribution in [1.29, 1.82) is 0 Å². The van der Waals surface area contributed by atoms with Gasteiger partial charge in [-0.15, -0.1) is 0 Å². The third-order valence-corrected chi connectivity index (χ3v) is 7.14. The van der Waals surface area contributed by atoms with E-state index in [4.69, 9.17) is 9.47 Å². The molecular formula is C18H21I3O4. The lowest BCUT2D eigenvalue weighted by Gasteiger charge is -2.08. The SMILES string of the molecule is CC=C(C)C(=O)OCCCCCCOC(=O)c1cc(I)cc(I)c1I. The molecule has 0 unspecified atom stereocenters. The molecule has 4 nitrogen and oxygen atoms in total. The van der Waals surface area contributed by atoms with Crippen molar-refractivity contribution in [2.75, 3.05) is 13.2 Å². The van der Waals surface area contributed by atoms with Crippen molar-refractivity contribution in [3.8, 4) is 0 Å². The fraction of sp³-hybridized carbons (Fsp3) is 0.444. The number of ether oxygens (including phenoxy) is 2. The number of carbonyl (C=O) groups is 2. The van der Waals surface area contributed by atoms with Crippen LogP contribution in [0.4, 0.5) is 0 Å². The Kier molecular flexibility index (Phi) is 11.5. The molecule has 0 aliphatic carbocycles. The lowest BCUT2D eigenvalue weighted by molar-refractivity contribution is -0.139. The Hall–Kier alpha value is 0.0900. The maximum atomic E-state index is 12.2. The van der Waals surface area contributed by atoms with Gasteiger partial charge in [0.25, 0.3) is 0 Å². The minimum atomic E-state index is -0.267. The smallest absolute Gasteiger partial charge is 0.339 e. The molecule has 0 N–H and O–H groups in total. The average Bonchev–Trinajstić information content (AvgIpc) is 2.59. The fourth-order valence-electron chi connectivity index (χ4n) is 1.90. The summed E-state index contributed by atoms with van der Waals surface area (Å²) in [6, 6.07) is 3.89. The molecule has 1 aromatic carbocycles. The number of benzene rings is 1. The zero-order valence-corrected chi connectivity index (χ0v) is 20.7. The summed E-state index contributed by atoms with van der Waals surface area (Å²) >= 11 is 6.60. The van der Waals surface area contributed by atoms with E-state index in [-0.39, 0.29) is 11.9 Å². The van der Waals surface area contributed by atoms with Crippen LogP contribution in [0.25, 0.3) is 0 Å². The fourth-order valence-corrected chi connectivity index (χ4v) is 4.28. The van der Waals surface area contributed by atoms with Crippen molar-refractivity contribution < 1.29 is 19.1 Å². The Morgan fingerprint density at radius 3 is 2.20 bits per heavy atom. The van der Waals surface area contributed by atoms with Gasteiger partial charge in [-0.3, -0.25) is 0 Å². The van der Waals surface area contributed by atoms with Gasteiger partial charge in [-0.1, -0.05) is 6.08 Å². The molecule has 0 aliphatic heterocycles. The van der Waals surface area contributed by atoms with E-state index in [2.05, 4.69) is 67.8 Å². The number of esters is 2. The Balaban J connectivity index is 2.20. The van der Waals surface area contributed by atoms with Crippen LogP contribution in [0.2, 0.25) is 0 Å². The topological polar surface area (TPSA) is 52.6 Å². The first-order valence-electron chi connectivity index (χ1n) is 7.98. The number of hydrogen-bond donors (Lipinski definition) is 0. The van der Waals surface area contributed by atoms with Crippen molar-refractivity contribution in [3.05, 3.63) is 40.1 Å². The van der Waals surface area contributed by atoms with Crippen LogP contribution in [-0.2, 0) is 14.3 Å². The van der Waals surface area contributed by atoms with Gasteiger partial charge in [-0.05, 0) is 119 Å². The maximum absolute atomic E-state index is 12.2. The predicted octanol–water partition coefficient (Wildman–Crippen LogP) is 5.73. The molecule has 0 radical (unpaired) electrons. The highest BCUT2D eigenvalue weighted by Gasteiger charge is 2.14. The Labute approximate surface area is 189 Å². The predicted molar refractivity (Wildman–Crippen MR) is 124 cm³/mol. The third-order valence-electron chi connectivity index (χ3n) is 3.47. The van der Waals surface area contributed by atoms with Crippen LogP contribution in [0.1, 0.15) is 49.9 Å². The number of halogens is 3. The summed E-state index contributed by atoms with van der Waals surface area (Å²) in [6.45, 7) is 4.40. The Bertz CT molecular complexity index is 641. The number of carbonyl (C=O) groups excluding carboxylic acids is 2. The zero-order valence-electron chi connectivity index (χ0n) is 14.2. The van der Waals surface area contributed by atoms with Gasteiger partial charge in [0.2, 0.25) is 0 Å². The van der Waals surface area contributed by atoms with Crippen molar-refractivity contribution >= 4 is 79.7 Å². The molecule has 0 aromatic heterocycles. The molecule has 0 fully saturated rings. The molecule has 1 aromatic rings. The van der Waals surface area contributed by atoms with E-state index in [1.807, 2.05) is 19.1 Å². The number of hydrogen-bond acceptors (Lipinski definition) is 4. The van der Waals surface area contributed by atoms with Gasteiger partial charge in [0.05, 0.1) is 18.8 Å². The van der Waals surface area contributed by atoms with Gasteiger partial charge in [0, 0.05) is 16.3 Å². The van der Waals surface area contributed by atoms with E-state index in [0.717, 1.165) is 36.4 Å². The summed E-state index contributed by atoms with van der Waals surface area (Å²) in [6.07, 6.45) is 5.26. The molecule has 0 saturated carbocycles. The highest BCUT2D eigenvalue weighted by Crippen LogP contribution is 2.23. The maximum Gasteiger partial charge on any atom is 0.339 e. The van der Waals surface area contributed by atoms with Crippen LogP contribution in [0.15, 0.2) is 23.8 Å². The summed E-state index contributed by atoms with van der Waals surface area (Å²) in [5, 5.41) is 0. The van der Waals surface area contributed by atoms with Crippen molar-refractivity contribution in [2.45, 2.75) is 39.5 Å². The molecule has 25 heavy (non-hydrogen) atoms. The number of unbranched alkanes of at least 4 members (excludes halogenated alkanes) is 3. The summed E-state index contributed by atoms with van der Waals surface area (Å²) in [5.74, 6) is -0.519. The van der Waals surface area contributed by atoms with E-state index in [1.165, 1.54) is 0 Å². The highest BCUT2D eigenvalue weighted by molar-refractivity contribution is 14.1. The second kappa shape index (κ2) is 12.5. The van der Waals surface area contributed by atoms with Gasteiger partial charge in [-0.2, -0.15) is 0 Å². The van der Waals surface area contributed by atoms with Gasteiger partial charge < -0.3 is 9.47 Å². The first-order valence-corrected chi connectivity index (χ1v) is 11.2. The van der Waals surface area contributed by atoms with Crippen molar-refractivity contribution in [1.82, 2.24) is 0 Å². The lowest BCUT2D eigenvalue weighted by Crippen LogP contribution is -2.10. The third kappa shape index (κ3) is 8.55. The van der Waals surface area contributed by atoms with E-state index in [0.29, 0.717) is 24.4 Å². The van der Waals surface area contributed by atoms with Gasteiger partial charge >= 0.3 is 11.9 Å². The van der Waals surface area contributed by atoms with Crippen LogP contribution in [0.3, 0.4) is 0 Å². The first kappa shape index (κ1) is 23.1.